The van der Waals surface area contributed by atoms with Crippen molar-refractivity contribution in [2.24, 2.45) is 0 Å². The summed E-state index contributed by atoms with van der Waals surface area (Å²) in [5.41, 5.74) is 2.99. The summed E-state index contributed by atoms with van der Waals surface area (Å²) in [7, 11) is 0. The fourth-order valence-corrected chi connectivity index (χ4v) is 3.35. The van der Waals surface area contributed by atoms with Crippen LogP contribution in [0.5, 0.6) is 0 Å². The van der Waals surface area contributed by atoms with Crippen LogP contribution in [0.4, 0.5) is 0 Å². The Morgan fingerprint density at radius 3 is 2.82 bits per heavy atom. The molecule has 0 unspecified atom stereocenters. The van der Waals surface area contributed by atoms with Gasteiger partial charge >= 0.3 is 0 Å². The van der Waals surface area contributed by atoms with Gasteiger partial charge in [0.2, 0.25) is 0 Å². The van der Waals surface area contributed by atoms with Gasteiger partial charge < -0.3 is 14.7 Å². The predicted octanol–water partition coefficient (Wildman–Crippen LogP) is 3.99. The maximum absolute atomic E-state index is 12.6. The number of aromatic amines is 1. The van der Waals surface area contributed by atoms with Crippen LogP contribution in [0.25, 0.3) is 16.7 Å². The van der Waals surface area contributed by atoms with Crippen molar-refractivity contribution in [3.8, 4) is 5.69 Å². The van der Waals surface area contributed by atoms with Crippen LogP contribution >= 0.6 is 11.6 Å². The minimum absolute atomic E-state index is 0.110. The van der Waals surface area contributed by atoms with Crippen LogP contribution < -0.4 is 10.9 Å². The molecule has 0 aliphatic rings. The molecule has 0 spiro atoms. The van der Waals surface area contributed by atoms with Crippen molar-refractivity contribution < 1.29 is 4.42 Å². The number of H-pyrrole nitrogens is 1. The second-order valence-corrected chi connectivity index (χ2v) is 7.16. The van der Waals surface area contributed by atoms with Crippen LogP contribution in [0.15, 0.2) is 57.9 Å². The van der Waals surface area contributed by atoms with Crippen molar-refractivity contribution in [3.05, 3.63) is 81.1 Å². The van der Waals surface area contributed by atoms with Gasteiger partial charge in [0.15, 0.2) is 0 Å². The Hall–Kier alpha value is -2.83. The molecule has 6 nitrogen and oxygen atoms in total. The second-order valence-electron chi connectivity index (χ2n) is 6.72. The molecule has 0 aliphatic carbocycles. The van der Waals surface area contributed by atoms with Crippen LogP contribution in [-0.4, -0.2) is 21.3 Å². The SMILES string of the molecule is Cc1nn(-c2ccc(Cl)cc2)c2[nH]c(=O)c(CNCCCc3ccco3)cc12. The second kappa shape index (κ2) is 8.04. The largest absolute Gasteiger partial charge is 0.469 e. The number of nitrogens with zero attached hydrogens (tertiary/aromatic N) is 2. The smallest absolute Gasteiger partial charge is 0.254 e. The normalized spacial score (nSPS) is 11.4. The number of benzene rings is 1. The predicted molar refractivity (Wildman–Crippen MR) is 110 cm³/mol. The number of aromatic nitrogens is 3. The number of hydrogen-bond acceptors (Lipinski definition) is 4. The summed E-state index contributed by atoms with van der Waals surface area (Å²) in [5, 5.41) is 9.50. The summed E-state index contributed by atoms with van der Waals surface area (Å²) < 4.78 is 7.06. The molecule has 0 saturated carbocycles. The van der Waals surface area contributed by atoms with Gasteiger partial charge in [0.1, 0.15) is 11.4 Å². The van der Waals surface area contributed by atoms with Gasteiger partial charge in [-0.3, -0.25) is 4.79 Å². The van der Waals surface area contributed by atoms with Gasteiger partial charge in [0.25, 0.3) is 5.56 Å². The number of hydrogen-bond donors (Lipinski definition) is 2. The van der Waals surface area contributed by atoms with E-state index in [1.165, 1.54) is 0 Å². The number of aryl methyl sites for hydroxylation is 2. The highest BCUT2D eigenvalue weighted by atomic mass is 35.5. The lowest BCUT2D eigenvalue weighted by Crippen LogP contribution is -2.22. The molecular formula is C21H21ClN4O2. The molecule has 0 saturated heterocycles. The molecule has 0 amide bonds. The first-order valence-electron chi connectivity index (χ1n) is 9.22. The maximum atomic E-state index is 12.6. The average molecular weight is 397 g/mol. The van der Waals surface area contributed by atoms with E-state index < -0.39 is 0 Å². The van der Waals surface area contributed by atoms with Crippen molar-refractivity contribution in [2.75, 3.05) is 6.54 Å². The van der Waals surface area contributed by atoms with Crippen LogP contribution in [0.3, 0.4) is 0 Å². The third-order valence-electron chi connectivity index (χ3n) is 4.69. The van der Waals surface area contributed by atoms with Gasteiger partial charge in [0, 0.05) is 28.9 Å². The Balaban J connectivity index is 1.49. The molecule has 144 valence electrons. The van der Waals surface area contributed by atoms with Gasteiger partial charge in [-0.25, -0.2) is 4.68 Å². The van der Waals surface area contributed by atoms with E-state index in [1.807, 2.05) is 37.3 Å². The Morgan fingerprint density at radius 2 is 2.07 bits per heavy atom. The first-order chi connectivity index (χ1) is 13.6. The van der Waals surface area contributed by atoms with Crippen molar-refractivity contribution >= 4 is 22.6 Å². The minimum Gasteiger partial charge on any atom is -0.469 e. The molecule has 4 rings (SSSR count). The summed E-state index contributed by atoms with van der Waals surface area (Å²) in [4.78, 5) is 15.5. The molecule has 0 fully saturated rings. The Morgan fingerprint density at radius 1 is 1.25 bits per heavy atom. The van der Waals surface area contributed by atoms with Crippen LogP contribution in [0.2, 0.25) is 5.02 Å². The number of fused-ring (bicyclic) bond motifs is 1. The fraction of sp³-hybridized carbons (Fsp3) is 0.238. The third-order valence-corrected chi connectivity index (χ3v) is 4.94. The van der Waals surface area contributed by atoms with Gasteiger partial charge in [-0.05, 0) is 62.4 Å². The van der Waals surface area contributed by atoms with E-state index in [9.17, 15) is 4.79 Å². The highest BCUT2D eigenvalue weighted by molar-refractivity contribution is 6.30. The highest BCUT2D eigenvalue weighted by Gasteiger charge is 2.12. The van der Waals surface area contributed by atoms with E-state index >= 15 is 0 Å². The highest BCUT2D eigenvalue weighted by Crippen LogP contribution is 2.21. The van der Waals surface area contributed by atoms with Crippen molar-refractivity contribution in [1.82, 2.24) is 20.1 Å². The summed E-state index contributed by atoms with van der Waals surface area (Å²) in [6.07, 6.45) is 3.51. The maximum Gasteiger partial charge on any atom is 0.254 e. The lowest BCUT2D eigenvalue weighted by molar-refractivity contribution is 0.495. The van der Waals surface area contributed by atoms with E-state index in [1.54, 1.807) is 23.1 Å². The number of nitrogens with one attached hydrogen (secondary N) is 2. The summed E-state index contributed by atoms with van der Waals surface area (Å²) >= 11 is 5.97. The molecule has 3 aromatic heterocycles. The molecule has 0 radical (unpaired) electrons. The van der Waals surface area contributed by atoms with E-state index in [-0.39, 0.29) is 5.56 Å². The third kappa shape index (κ3) is 3.88. The van der Waals surface area contributed by atoms with E-state index in [0.29, 0.717) is 22.8 Å². The van der Waals surface area contributed by atoms with E-state index in [0.717, 1.165) is 41.9 Å². The van der Waals surface area contributed by atoms with E-state index in [4.69, 9.17) is 16.0 Å². The summed E-state index contributed by atoms with van der Waals surface area (Å²) in [6.45, 7) is 3.25. The molecule has 3 heterocycles. The van der Waals surface area contributed by atoms with Gasteiger partial charge in [-0.2, -0.15) is 5.10 Å². The molecule has 28 heavy (non-hydrogen) atoms. The number of halogens is 1. The van der Waals surface area contributed by atoms with Crippen molar-refractivity contribution in [1.29, 1.82) is 0 Å². The molecule has 0 atom stereocenters. The quantitative estimate of drug-likeness (QED) is 0.463. The molecule has 7 heteroatoms. The molecule has 0 aliphatic heterocycles. The fourth-order valence-electron chi connectivity index (χ4n) is 3.23. The van der Waals surface area contributed by atoms with Crippen LogP contribution in [0, 0.1) is 6.92 Å². The molecule has 1 aromatic carbocycles. The monoisotopic (exact) mass is 396 g/mol. The van der Waals surface area contributed by atoms with Gasteiger partial charge in [-0.1, -0.05) is 11.6 Å². The average Bonchev–Trinajstić information content (AvgIpc) is 3.31. The molecule has 0 bridgehead atoms. The molecular weight excluding hydrogens is 376 g/mol. The first kappa shape index (κ1) is 18.5. The lowest BCUT2D eigenvalue weighted by atomic mass is 10.2. The zero-order chi connectivity index (χ0) is 19.5. The van der Waals surface area contributed by atoms with Crippen molar-refractivity contribution in [2.45, 2.75) is 26.3 Å². The molecule has 4 aromatic rings. The number of pyridine rings is 1. The van der Waals surface area contributed by atoms with Gasteiger partial charge in [0.05, 0.1) is 17.6 Å². The number of furan rings is 1. The van der Waals surface area contributed by atoms with Crippen molar-refractivity contribution in [3.63, 3.8) is 0 Å². The first-order valence-corrected chi connectivity index (χ1v) is 9.60. The van der Waals surface area contributed by atoms with Crippen LogP contribution in [-0.2, 0) is 13.0 Å². The molecule has 2 N–H and O–H groups in total. The topological polar surface area (TPSA) is 75.8 Å². The summed E-state index contributed by atoms with van der Waals surface area (Å²) in [6, 6.07) is 13.1. The standard InChI is InChI=1S/C21H21ClN4O2/c1-14-19-12-15(13-23-10-2-4-18-5-3-11-28-18)21(27)24-20(19)26(25-14)17-8-6-16(22)7-9-17/h3,5-9,11-12,23H,2,4,10,13H2,1H3,(H,24,27). The Kier molecular flexibility index (Phi) is 5.32. The summed E-state index contributed by atoms with van der Waals surface area (Å²) in [5.74, 6) is 0.978. The Bertz CT molecular complexity index is 1130. The zero-order valence-corrected chi connectivity index (χ0v) is 16.3. The zero-order valence-electron chi connectivity index (χ0n) is 15.5. The lowest BCUT2D eigenvalue weighted by Gasteiger charge is -2.06. The van der Waals surface area contributed by atoms with E-state index in [2.05, 4.69) is 15.4 Å². The Labute approximate surface area is 167 Å². The minimum atomic E-state index is -0.110. The number of rotatable bonds is 7. The van der Waals surface area contributed by atoms with Gasteiger partial charge in [-0.15, -0.1) is 0 Å². The van der Waals surface area contributed by atoms with Crippen LogP contribution in [0.1, 0.15) is 23.4 Å².